The summed E-state index contributed by atoms with van der Waals surface area (Å²) in [5.74, 6) is -0.231. The Hall–Kier alpha value is -5.50. The van der Waals surface area contributed by atoms with Gasteiger partial charge in [0.1, 0.15) is 0 Å². The van der Waals surface area contributed by atoms with Gasteiger partial charge in [-0.3, -0.25) is 9.59 Å². The smallest absolute Gasteiger partial charge is 0.256 e. The van der Waals surface area contributed by atoms with E-state index in [1.807, 2.05) is 67.6 Å². The topological polar surface area (TPSA) is 122 Å². The zero-order valence-electron chi connectivity index (χ0n) is 21.2. The molecule has 0 fully saturated rings. The molecule has 0 bridgehead atoms. The first-order valence-electron chi connectivity index (χ1n) is 12.3. The van der Waals surface area contributed by atoms with Crippen molar-refractivity contribution in [1.82, 2.24) is 9.97 Å². The van der Waals surface area contributed by atoms with E-state index in [9.17, 15) is 9.59 Å². The summed E-state index contributed by atoms with van der Waals surface area (Å²) in [5, 5.41) is 8.77. The molecule has 5 N–H and O–H groups in total. The van der Waals surface area contributed by atoms with Crippen molar-refractivity contribution in [2.45, 2.75) is 6.92 Å². The Bertz CT molecular complexity index is 1640. The zero-order chi connectivity index (χ0) is 27.2. The number of hydrogen-bond donors (Lipinski definition) is 4. The van der Waals surface area contributed by atoms with Crippen LogP contribution >= 0.6 is 0 Å². The molecule has 0 saturated heterocycles. The molecule has 5 aromatic rings. The molecular formula is C31H26N6O2. The Kier molecular flexibility index (Phi) is 7.27. The van der Waals surface area contributed by atoms with Gasteiger partial charge in [-0.1, -0.05) is 54.6 Å². The lowest BCUT2D eigenvalue weighted by Crippen LogP contribution is -2.16. The van der Waals surface area contributed by atoms with Crippen LogP contribution in [0.1, 0.15) is 26.3 Å². The lowest BCUT2D eigenvalue weighted by molar-refractivity contribution is 0.101. The largest absolute Gasteiger partial charge is 0.399 e. The fourth-order valence-corrected chi connectivity index (χ4v) is 4.02. The van der Waals surface area contributed by atoms with Gasteiger partial charge >= 0.3 is 0 Å². The molecule has 0 saturated carbocycles. The molecule has 192 valence electrons. The summed E-state index contributed by atoms with van der Waals surface area (Å²) in [4.78, 5) is 34.6. The van der Waals surface area contributed by atoms with Crippen LogP contribution in [0, 0.1) is 6.92 Å². The summed E-state index contributed by atoms with van der Waals surface area (Å²) in [6.45, 7) is 1.83. The van der Waals surface area contributed by atoms with Crippen LogP contribution in [0.5, 0.6) is 0 Å². The van der Waals surface area contributed by atoms with Crippen LogP contribution in [0.4, 0.5) is 28.7 Å². The molecular weight excluding hydrogens is 488 g/mol. The van der Waals surface area contributed by atoms with E-state index in [1.165, 1.54) is 12.4 Å². The second-order valence-electron chi connectivity index (χ2n) is 8.93. The summed E-state index contributed by atoms with van der Waals surface area (Å²) in [6, 6.07) is 29.7. The van der Waals surface area contributed by atoms with Gasteiger partial charge in [0.2, 0.25) is 5.95 Å². The quantitative estimate of drug-likeness (QED) is 0.190. The number of nitrogens with two attached hydrogens (primary N) is 1. The van der Waals surface area contributed by atoms with E-state index in [4.69, 9.17) is 5.73 Å². The van der Waals surface area contributed by atoms with Crippen LogP contribution in [-0.2, 0) is 0 Å². The van der Waals surface area contributed by atoms with Gasteiger partial charge in [0.15, 0.2) is 0 Å². The van der Waals surface area contributed by atoms with Crippen molar-refractivity contribution in [3.05, 3.63) is 126 Å². The second-order valence-corrected chi connectivity index (χ2v) is 8.93. The van der Waals surface area contributed by atoms with Crippen molar-refractivity contribution in [2.75, 3.05) is 21.7 Å². The average Bonchev–Trinajstić information content (AvgIpc) is 2.95. The second kappa shape index (κ2) is 11.3. The van der Waals surface area contributed by atoms with Crippen LogP contribution in [0.3, 0.4) is 0 Å². The van der Waals surface area contributed by atoms with Crippen molar-refractivity contribution in [1.29, 1.82) is 0 Å². The van der Waals surface area contributed by atoms with Crippen LogP contribution in [0.2, 0.25) is 0 Å². The third kappa shape index (κ3) is 6.26. The summed E-state index contributed by atoms with van der Waals surface area (Å²) in [6.07, 6.45) is 3.03. The van der Waals surface area contributed by atoms with Gasteiger partial charge in [-0.15, -0.1) is 0 Å². The zero-order valence-corrected chi connectivity index (χ0v) is 21.2. The minimum absolute atomic E-state index is 0.264. The van der Waals surface area contributed by atoms with Crippen LogP contribution < -0.4 is 21.7 Å². The highest BCUT2D eigenvalue weighted by atomic mass is 16.2. The minimum Gasteiger partial charge on any atom is -0.399 e. The number of aryl methyl sites for hydroxylation is 1. The maximum Gasteiger partial charge on any atom is 0.256 e. The lowest BCUT2D eigenvalue weighted by atomic mass is 10.0. The van der Waals surface area contributed by atoms with Crippen molar-refractivity contribution in [2.24, 2.45) is 0 Å². The normalized spacial score (nSPS) is 10.5. The number of amides is 2. The Labute approximate surface area is 226 Å². The monoisotopic (exact) mass is 514 g/mol. The van der Waals surface area contributed by atoms with Gasteiger partial charge in [0.25, 0.3) is 11.8 Å². The van der Waals surface area contributed by atoms with Gasteiger partial charge in [0, 0.05) is 28.2 Å². The predicted octanol–water partition coefficient (Wildman–Crippen LogP) is 6.28. The fraction of sp³-hybridized carbons (Fsp3) is 0.0323. The van der Waals surface area contributed by atoms with Gasteiger partial charge in [-0.25, -0.2) is 9.97 Å². The van der Waals surface area contributed by atoms with Crippen LogP contribution in [0.15, 0.2) is 109 Å². The van der Waals surface area contributed by atoms with Crippen molar-refractivity contribution in [3.8, 4) is 11.1 Å². The maximum atomic E-state index is 13.0. The molecule has 1 heterocycles. The maximum absolute atomic E-state index is 13.0. The number of nitrogen functional groups attached to an aromatic ring is 1. The summed E-state index contributed by atoms with van der Waals surface area (Å²) < 4.78 is 0. The Morgan fingerprint density at radius 1 is 0.667 bits per heavy atom. The van der Waals surface area contributed by atoms with Gasteiger partial charge in [-0.2, -0.15) is 0 Å². The van der Waals surface area contributed by atoms with Crippen molar-refractivity contribution >= 4 is 40.5 Å². The highest BCUT2D eigenvalue weighted by Gasteiger charge is 2.14. The van der Waals surface area contributed by atoms with Gasteiger partial charge in [-0.05, 0) is 66.1 Å². The Morgan fingerprint density at radius 2 is 1.38 bits per heavy atom. The number of nitrogens with zero attached hydrogens (tertiary/aromatic N) is 2. The van der Waals surface area contributed by atoms with Crippen molar-refractivity contribution in [3.63, 3.8) is 0 Å². The number of nitrogens with one attached hydrogen (secondary N) is 3. The highest BCUT2D eigenvalue weighted by Crippen LogP contribution is 2.22. The van der Waals surface area contributed by atoms with E-state index in [1.54, 1.807) is 36.4 Å². The summed E-state index contributed by atoms with van der Waals surface area (Å²) >= 11 is 0. The van der Waals surface area contributed by atoms with E-state index in [0.29, 0.717) is 34.1 Å². The number of aromatic nitrogens is 2. The van der Waals surface area contributed by atoms with Gasteiger partial charge in [0.05, 0.1) is 18.1 Å². The van der Waals surface area contributed by atoms with E-state index >= 15 is 0 Å². The molecule has 0 atom stereocenters. The first-order valence-corrected chi connectivity index (χ1v) is 12.3. The molecule has 0 aliphatic heterocycles. The summed E-state index contributed by atoms with van der Waals surface area (Å²) in [7, 11) is 0. The molecule has 0 aliphatic carbocycles. The standard InChI is InChI=1S/C31H26N6O2/c1-20-13-14-26(35-29(38)23-10-5-9-22(15-23)21-7-3-2-4-8-21)17-28(20)30(39)36-27-18-33-31(34-19-27)37-25-12-6-11-24(32)16-25/h2-19H,32H2,1H3,(H,35,38)(H,36,39)(H,33,34,37). The fourth-order valence-electron chi connectivity index (χ4n) is 4.02. The molecule has 1 aromatic heterocycles. The van der Waals surface area contributed by atoms with Crippen LogP contribution in [0.25, 0.3) is 11.1 Å². The van der Waals surface area contributed by atoms with Gasteiger partial charge < -0.3 is 21.7 Å². The Morgan fingerprint density at radius 3 is 2.15 bits per heavy atom. The SMILES string of the molecule is Cc1ccc(NC(=O)c2cccc(-c3ccccc3)c2)cc1C(=O)Nc1cnc(Nc2cccc(N)c2)nc1. The van der Waals surface area contributed by atoms with Crippen molar-refractivity contribution < 1.29 is 9.59 Å². The first-order chi connectivity index (χ1) is 18.9. The number of benzene rings is 4. The molecule has 8 nitrogen and oxygen atoms in total. The number of rotatable bonds is 7. The molecule has 39 heavy (non-hydrogen) atoms. The average molecular weight is 515 g/mol. The van der Waals surface area contributed by atoms with E-state index in [0.717, 1.165) is 22.4 Å². The lowest BCUT2D eigenvalue weighted by Gasteiger charge is -2.12. The highest BCUT2D eigenvalue weighted by molar-refractivity contribution is 6.08. The molecule has 0 unspecified atom stereocenters. The molecule has 4 aromatic carbocycles. The molecule has 5 rings (SSSR count). The summed E-state index contributed by atoms with van der Waals surface area (Å²) in [5.41, 5.74) is 11.8. The number of carbonyl (C=O) groups is 2. The van der Waals surface area contributed by atoms with Crippen LogP contribution in [-0.4, -0.2) is 21.8 Å². The first kappa shape index (κ1) is 25.2. The predicted molar refractivity (Wildman–Crippen MR) is 155 cm³/mol. The molecule has 0 radical (unpaired) electrons. The minimum atomic E-state index is -0.338. The third-order valence-corrected chi connectivity index (χ3v) is 6.02. The molecule has 2 amide bonds. The third-order valence-electron chi connectivity index (χ3n) is 6.02. The molecule has 0 aliphatic rings. The molecule has 0 spiro atoms. The number of anilines is 5. The number of hydrogen-bond acceptors (Lipinski definition) is 6. The van der Waals surface area contributed by atoms with E-state index in [2.05, 4.69) is 25.9 Å². The Balaban J connectivity index is 1.26. The molecule has 8 heteroatoms. The van der Waals surface area contributed by atoms with E-state index < -0.39 is 0 Å². The number of carbonyl (C=O) groups excluding carboxylic acids is 2. The van der Waals surface area contributed by atoms with E-state index in [-0.39, 0.29) is 11.8 Å².